The number of nitrogens with zero attached hydrogens (tertiary/aromatic N) is 2. The molecule has 1 aromatic heterocycles. The molecule has 2 aromatic rings. The van der Waals surface area contributed by atoms with Crippen molar-refractivity contribution in [1.82, 2.24) is 9.88 Å². The van der Waals surface area contributed by atoms with E-state index in [-0.39, 0.29) is 17.9 Å². The summed E-state index contributed by atoms with van der Waals surface area (Å²) >= 11 is 6.63. The highest BCUT2D eigenvalue weighted by Crippen LogP contribution is 2.44. The number of nitrogens with one attached hydrogen (secondary N) is 1. The number of aromatic nitrogens is 1. The molecule has 3 fully saturated rings. The predicted octanol–water partition coefficient (Wildman–Crippen LogP) is 4.06. The van der Waals surface area contributed by atoms with Crippen LogP contribution in [0.4, 0.5) is 14.6 Å². The highest BCUT2D eigenvalue weighted by molar-refractivity contribution is 6.32. The molecular formula is C24H28ClF2N3O3. The summed E-state index contributed by atoms with van der Waals surface area (Å²) in [7, 11) is 0. The summed E-state index contributed by atoms with van der Waals surface area (Å²) in [5.74, 6) is -1.25. The molecule has 0 spiro atoms. The first kappa shape index (κ1) is 22.9. The monoisotopic (exact) mass is 479 g/mol. The fourth-order valence-electron chi connectivity index (χ4n) is 5.23. The van der Waals surface area contributed by atoms with Crippen molar-refractivity contribution in [2.45, 2.75) is 50.2 Å². The van der Waals surface area contributed by atoms with Gasteiger partial charge in [0.15, 0.2) is 0 Å². The third-order valence-corrected chi connectivity index (χ3v) is 7.96. The van der Waals surface area contributed by atoms with E-state index in [9.17, 15) is 18.7 Å². The molecule has 5 rings (SSSR count). The Balaban J connectivity index is 1.30. The molecule has 9 heteroatoms. The number of rotatable bonds is 5. The number of carbonyl (C=O) groups is 1. The number of aliphatic hydroxyl groups is 1. The maximum absolute atomic E-state index is 12.8. The molecule has 3 aliphatic rings. The Hall–Kier alpha value is -1.87. The molecule has 0 unspecified atom stereocenters. The second kappa shape index (κ2) is 8.73. The molecule has 4 atom stereocenters. The van der Waals surface area contributed by atoms with Crippen LogP contribution in [0.2, 0.25) is 5.02 Å². The number of halogens is 3. The number of ether oxygens (including phenoxy) is 1. The molecule has 3 heterocycles. The van der Waals surface area contributed by atoms with E-state index in [0.717, 1.165) is 42.3 Å². The Morgan fingerprint density at radius 1 is 1.30 bits per heavy atom. The first-order chi connectivity index (χ1) is 15.8. The zero-order valence-corrected chi connectivity index (χ0v) is 19.2. The maximum Gasteiger partial charge on any atom is 0.242 e. The Morgan fingerprint density at radius 2 is 2.06 bits per heavy atom. The molecule has 0 bridgehead atoms. The van der Waals surface area contributed by atoms with Gasteiger partial charge in [-0.1, -0.05) is 11.6 Å². The van der Waals surface area contributed by atoms with Gasteiger partial charge >= 0.3 is 0 Å². The summed E-state index contributed by atoms with van der Waals surface area (Å²) in [4.78, 5) is 18.8. The van der Waals surface area contributed by atoms with Crippen LogP contribution in [0.15, 0.2) is 24.4 Å². The number of amides is 1. The molecule has 6 nitrogen and oxygen atoms in total. The average molecular weight is 480 g/mol. The number of anilines is 1. The van der Waals surface area contributed by atoms with Gasteiger partial charge in [-0.2, -0.15) is 0 Å². The quantitative estimate of drug-likeness (QED) is 0.676. The topological polar surface area (TPSA) is 74.7 Å². The molecule has 2 aliphatic heterocycles. The first-order valence-corrected chi connectivity index (χ1v) is 11.8. The second-order valence-electron chi connectivity index (χ2n) is 9.77. The predicted molar refractivity (Wildman–Crippen MR) is 122 cm³/mol. The molecule has 2 N–H and O–H groups in total. The molecular weight excluding hydrogens is 452 g/mol. The molecule has 178 valence electrons. The van der Waals surface area contributed by atoms with Crippen molar-refractivity contribution in [3.8, 4) is 0 Å². The molecule has 33 heavy (non-hydrogen) atoms. The smallest absolute Gasteiger partial charge is 0.242 e. The molecule has 2 saturated heterocycles. The van der Waals surface area contributed by atoms with Crippen molar-refractivity contribution >= 4 is 34.1 Å². The minimum absolute atomic E-state index is 0.220. The zero-order chi connectivity index (χ0) is 23.3. The third kappa shape index (κ3) is 4.34. The van der Waals surface area contributed by atoms with Gasteiger partial charge in [0.05, 0.1) is 24.9 Å². The standard InChI is InChI=1S/C24H28ClF2N3O3/c1-24(12-33-11-20(24)31)30-4-2-13(3-5-30)16-6-14-8-21(28-10-15(14)7-19(16)25)29-23(32)18-9-17(18)22(26)27/h6-8,10,13,17-18,20,22,31H,2-5,9,11-12H2,1H3,(H,28,29,32)/t17-,18+,20-,24+/m0/s1. The van der Waals surface area contributed by atoms with Crippen LogP contribution in [0.1, 0.15) is 37.7 Å². The van der Waals surface area contributed by atoms with Gasteiger partial charge in [-0.3, -0.25) is 9.69 Å². The van der Waals surface area contributed by atoms with Gasteiger partial charge in [-0.05, 0) is 74.3 Å². The van der Waals surface area contributed by atoms with Gasteiger partial charge in [-0.15, -0.1) is 0 Å². The van der Waals surface area contributed by atoms with E-state index in [0.29, 0.717) is 24.1 Å². The Morgan fingerprint density at radius 3 is 2.70 bits per heavy atom. The Kier molecular flexibility index (Phi) is 6.05. The van der Waals surface area contributed by atoms with Crippen LogP contribution in [0, 0.1) is 11.8 Å². The lowest BCUT2D eigenvalue weighted by atomic mass is 9.85. The molecule has 1 amide bonds. The first-order valence-electron chi connectivity index (χ1n) is 11.5. The van der Waals surface area contributed by atoms with Crippen molar-refractivity contribution in [1.29, 1.82) is 0 Å². The fraction of sp³-hybridized carbons (Fsp3) is 0.583. The van der Waals surface area contributed by atoms with Gasteiger partial charge in [0.25, 0.3) is 0 Å². The molecule has 0 radical (unpaired) electrons. The number of benzene rings is 1. The van der Waals surface area contributed by atoms with E-state index in [1.54, 1.807) is 12.3 Å². The van der Waals surface area contributed by atoms with E-state index in [1.807, 2.05) is 12.1 Å². The lowest BCUT2D eigenvalue weighted by molar-refractivity contribution is -0.118. The van der Waals surface area contributed by atoms with Gasteiger partial charge in [0.1, 0.15) is 5.82 Å². The van der Waals surface area contributed by atoms with Crippen LogP contribution in [0.25, 0.3) is 10.8 Å². The van der Waals surface area contributed by atoms with Gasteiger partial charge in [0.2, 0.25) is 12.3 Å². The summed E-state index contributed by atoms with van der Waals surface area (Å²) in [5, 5.41) is 15.5. The summed E-state index contributed by atoms with van der Waals surface area (Å²) in [6, 6.07) is 5.71. The van der Waals surface area contributed by atoms with Crippen LogP contribution in [-0.2, 0) is 9.53 Å². The van der Waals surface area contributed by atoms with Crippen LogP contribution >= 0.6 is 11.6 Å². The van der Waals surface area contributed by atoms with Crippen LogP contribution in [0.3, 0.4) is 0 Å². The van der Waals surface area contributed by atoms with Gasteiger partial charge in [0, 0.05) is 28.4 Å². The summed E-state index contributed by atoms with van der Waals surface area (Å²) in [6.45, 7) is 4.67. The third-order valence-electron chi connectivity index (χ3n) is 7.63. The Labute approximate surface area is 196 Å². The van der Waals surface area contributed by atoms with E-state index < -0.39 is 30.3 Å². The normalized spacial score (nSPS) is 30.8. The minimum Gasteiger partial charge on any atom is -0.389 e. The largest absolute Gasteiger partial charge is 0.389 e. The van der Waals surface area contributed by atoms with Crippen molar-refractivity contribution in [3.63, 3.8) is 0 Å². The van der Waals surface area contributed by atoms with Crippen molar-refractivity contribution < 1.29 is 23.4 Å². The lowest BCUT2D eigenvalue weighted by Crippen LogP contribution is -2.56. The highest BCUT2D eigenvalue weighted by Gasteiger charge is 2.49. The number of pyridine rings is 1. The SMILES string of the molecule is C[C@@]1(N2CCC(c3cc4cc(NC(=O)[C@@H]5C[C@@H]5C(F)F)ncc4cc3Cl)CC2)COC[C@@H]1O. The van der Waals surface area contributed by atoms with Crippen molar-refractivity contribution in [3.05, 3.63) is 35.0 Å². The van der Waals surface area contributed by atoms with E-state index in [4.69, 9.17) is 16.3 Å². The lowest BCUT2D eigenvalue weighted by Gasteiger charge is -2.43. The van der Waals surface area contributed by atoms with Gasteiger partial charge in [-0.25, -0.2) is 13.8 Å². The van der Waals surface area contributed by atoms with Crippen molar-refractivity contribution in [2.24, 2.45) is 11.8 Å². The number of likely N-dealkylation sites (tertiary alicyclic amines) is 1. The number of carbonyl (C=O) groups excluding carboxylic acids is 1. The number of piperidine rings is 1. The average Bonchev–Trinajstić information content (AvgIpc) is 3.54. The molecule has 1 aromatic carbocycles. The molecule has 1 aliphatic carbocycles. The van der Waals surface area contributed by atoms with E-state index >= 15 is 0 Å². The van der Waals surface area contributed by atoms with Gasteiger partial charge < -0.3 is 15.2 Å². The highest BCUT2D eigenvalue weighted by atomic mass is 35.5. The van der Waals surface area contributed by atoms with E-state index in [1.165, 1.54) is 0 Å². The number of alkyl halides is 2. The molecule has 1 saturated carbocycles. The summed E-state index contributed by atoms with van der Waals surface area (Å²) in [5.41, 5.74) is 0.711. The number of hydrogen-bond acceptors (Lipinski definition) is 5. The van der Waals surface area contributed by atoms with Crippen molar-refractivity contribution in [2.75, 3.05) is 31.6 Å². The van der Waals surface area contributed by atoms with Crippen LogP contribution in [-0.4, -0.2) is 65.3 Å². The minimum atomic E-state index is -2.46. The Bertz CT molecular complexity index is 1060. The van der Waals surface area contributed by atoms with Crippen LogP contribution < -0.4 is 5.32 Å². The van der Waals surface area contributed by atoms with Crippen LogP contribution in [0.5, 0.6) is 0 Å². The number of aliphatic hydroxyl groups excluding tert-OH is 1. The number of hydrogen-bond donors (Lipinski definition) is 2. The summed E-state index contributed by atoms with van der Waals surface area (Å²) < 4.78 is 31.0. The fourth-order valence-corrected chi connectivity index (χ4v) is 5.56. The number of fused-ring (bicyclic) bond motifs is 1. The zero-order valence-electron chi connectivity index (χ0n) is 18.4. The van der Waals surface area contributed by atoms with E-state index in [2.05, 4.69) is 22.1 Å². The maximum atomic E-state index is 12.8. The second-order valence-corrected chi connectivity index (χ2v) is 10.2. The summed E-state index contributed by atoms with van der Waals surface area (Å²) in [6.07, 6.45) is 0.748.